The summed E-state index contributed by atoms with van der Waals surface area (Å²) < 4.78 is 42.4. The van der Waals surface area contributed by atoms with E-state index in [-0.39, 0.29) is 22.9 Å². The van der Waals surface area contributed by atoms with Crippen LogP contribution in [0.25, 0.3) is 16.7 Å². The first-order chi connectivity index (χ1) is 17.4. The summed E-state index contributed by atoms with van der Waals surface area (Å²) in [4.78, 5) is 26.2. The number of fused-ring (bicyclic) bond motifs is 2. The lowest BCUT2D eigenvalue weighted by Crippen LogP contribution is -2.30. The molecule has 36 heavy (non-hydrogen) atoms. The molecule has 0 atom stereocenters. The van der Waals surface area contributed by atoms with Crippen LogP contribution in [0.2, 0.25) is 0 Å². The van der Waals surface area contributed by atoms with Gasteiger partial charge in [-0.3, -0.25) is 9.78 Å². The zero-order valence-electron chi connectivity index (χ0n) is 19.3. The van der Waals surface area contributed by atoms with E-state index in [0.29, 0.717) is 10.4 Å². The van der Waals surface area contributed by atoms with Crippen LogP contribution in [0.5, 0.6) is 0 Å². The van der Waals surface area contributed by atoms with E-state index >= 15 is 0 Å². The molecule has 186 valence electrons. The predicted molar refractivity (Wildman–Crippen MR) is 129 cm³/mol. The molecule has 4 heterocycles. The Balaban J connectivity index is 1.45. The van der Waals surface area contributed by atoms with Crippen molar-refractivity contribution in [3.8, 4) is 5.69 Å². The number of anilines is 2. The van der Waals surface area contributed by atoms with Gasteiger partial charge >= 0.3 is 6.18 Å². The fraction of sp³-hybridized carbons (Fsp3) is 0.360. The van der Waals surface area contributed by atoms with Crippen LogP contribution >= 0.6 is 0 Å². The Bertz CT molecular complexity index is 1500. The van der Waals surface area contributed by atoms with Gasteiger partial charge in [-0.15, -0.1) is 0 Å². The van der Waals surface area contributed by atoms with Crippen LogP contribution in [-0.4, -0.2) is 37.0 Å². The summed E-state index contributed by atoms with van der Waals surface area (Å²) in [6.07, 6.45) is 2.24. The Kier molecular flexibility index (Phi) is 5.51. The van der Waals surface area contributed by atoms with Crippen LogP contribution in [0.4, 0.5) is 24.8 Å². The molecule has 2 N–H and O–H groups in total. The molecule has 0 saturated heterocycles. The first kappa shape index (κ1) is 22.7. The Hall–Kier alpha value is -3.73. The molecular weight excluding hydrogens is 471 g/mol. The van der Waals surface area contributed by atoms with E-state index in [9.17, 15) is 18.0 Å². The van der Waals surface area contributed by atoms with Crippen molar-refractivity contribution in [3.63, 3.8) is 0 Å². The van der Waals surface area contributed by atoms with Gasteiger partial charge in [0.1, 0.15) is 11.9 Å². The average Bonchev–Trinajstić information content (AvgIpc) is 3.07. The Morgan fingerprint density at radius 1 is 1.11 bits per heavy atom. The third-order valence-corrected chi connectivity index (χ3v) is 6.89. The molecule has 1 fully saturated rings. The largest absolute Gasteiger partial charge is 0.408 e. The second kappa shape index (κ2) is 8.74. The van der Waals surface area contributed by atoms with Gasteiger partial charge in [0, 0.05) is 36.2 Å². The molecule has 2 aliphatic rings. The molecule has 1 saturated carbocycles. The van der Waals surface area contributed by atoms with Crippen LogP contribution in [0.15, 0.2) is 47.5 Å². The lowest BCUT2D eigenvalue weighted by Gasteiger charge is -2.25. The van der Waals surface area contributed by atoms with Gasteiger partial charge in [0.05, 0.1) is 5.69 Å². The van der Waals surface area contributed by atoms with Crippen molar-refractivity contribution in [2.75, 3.05) is 11.9 Å². The summed E-state index contributed by atoms with van der Waals surface area (Å²) in [5.74, 6) is 0.475. The standard InChI is InChI=1S/C25H24F3N7O/c26-25(27,28)14-34-23(36)20-13-31-24(32-18-5-4-17-12-29-8-6-16(17)10-18)33-22(20)35(34)19-7-9-30-21(11-19)15-2-1-3-15/h4-5,7,9-11,13,15,29H,1-3,6,8,12,14H2,(H,31,32,33). The normalized spacial score (nSPS) is 16.1. The summed E-state index contributed by atoms with van der Waals surface area (Å²) in [6.45, 7) is 0.267. The van der Waals surface area contributed by atoms with Gasteiger partial charge in [0.25, 0.3) is 5.56 Å². The number of benzene rings is 1. The minimum Gasteiger partial charge on any atom is -0.324 e. The second-order valence-corrected chi connectivity index (χ2v) is 9.32. The maximum absolute atomic E-state index is 13.5. The molecule has 1 aromatic carbocycles. The highest BCUT2D eigenvalue weighted by Crippen LogP contribution is 2.36. The van der Waals surface area contributed by atoms with Crippen molar-refractivity contribution in [2.45, 2.75) is 50.9 Å². The van der Waals surface area contributed by atoms with Crippen LogP contribution in [-0.2, 0) is 19.5 Å². The zero-order chi connectivity index (χ0) is 24.9. The summed E-state index contributed by atoms with van der Waals surface area (Å²) in [7, 11) is 0. The van der Waals surface area contributed by atoms with Gasteiger partial charge < -0.3 is 10.6 Å². The Morgan fingerprint density at radius 2 is 1.97 bits per heavy atom. The predicted octanol–water partition coefficient (Wildman–Crippen LogP) is 4.20. The fourth-order valence-corrected chi connectivity index (χ4v) is 4.84. The summed E-state index contributed by atoms with van der Waals surface area (Å²) >= 11 is 0. The van der Waals surface area contributed by atoms with Crippen molar-refractivity contribution in [1.29, 1.82) is 0 Å². The average molecular weight is 496 g/mol. The van der Waals surface area contributed by atoms with Crippen molar-refractivity contribution < 1.29 is 13.2 Å². The summed E-state index contributed by atoms with van der Waals surface area (Å²) in [5.41, 5.74) is 3.74. The molecule has 0 amide bonds. The zero-order valence-corrected chi connectivity index (χ0v) is 19.3. The number of pyridine rings is 1. The number of alkyl halides is 3. The highest BCUT2D eigenvalue weighted by atomic mass is 19.4. The topological polar surface area (TPSA) is 89.7 Å². The monoisotopic (exact) mass is 495 g/mol. The lowest BCUT2D eigenvalue weighted by atomic mass is 9.82. The van der Waals surface area contributed by atoms with Gasteiger partial charge in [-0.25, -0.2) is 14.3 Å². The number of hydrogen-bond acceptors (Lipinski definition) is 6. The van der Waals surface area contributed by atoms with E-state index < -0.39 is 18.3 Å². The van der Waals surface area contributed by atoms with Crippen LogP contribution in [0.3, 0.4) is 0 Å². The Morgan fingerprint density at radius 3 is 2.75 bits per heavy atom. The quantitative estimate of drug-likeness (QED) is 0.432. The van der Waals surface area contributed by atoms with E-state index in [4.69, 9.17) is 0 Å². The van der Waals surface area contributed by atoms with Crippen LogP contribution in [0, 0.1) is 0 Å². The maximum Gasteiger partial charge on any atom is 0.408 e. The second-order valence-electron chi connectivity index (χ2n) is 9.32. The van der Waals surface area contributed by atoms with E-state index in [1.54, 1.807) is 18.3 Å². The van der Waals surface area contributed by atoms with Crippen molar-refractivity contribution in [3.05, 3.63) is 69.9 Å². The van der Waals surface area contributed by atoms with Crippen molar-refractivity contribution in [2.24, 2.45) is 0 Å². The minimum absolute atomic E-state index is 0.0170. The first-order valence-corrected chi connectivity index (χ1v) is 12.0. The van der Waals surface area contributed by atoms with Gasteiger partial charge in [-0.1, -0.05) is 12.5 Å². The number of nitrogens with zero attached hydrogens (tertiary/aromatic N) is 5. The molecule has 0 radical (unpaired) electrons. The number of nitrogens with one attached hydrogen (secondary N) is 2. The van der Waals surface area contributed by atoms with Gasteiger partial charge in [-0.2, -0.15) is 18.2 Å². The smallest absolute Gasteiger partial charge is 0.324 e. The molecule has 6 rings (SSSR count). The highest BCUT2D eigenvalue weighted by Gasteiger charge is 2.32. The van der Waals surface area contributed by atoms with Crippen LogP contribution in [0.1, 0.15) is 42.0 Å². The first-order valence-electron chi connectivity index (χ1n) is 12.0. The molecule has 4 aromatic rings. The van der Waals surface area contributed by atoms with Gasteiger partial charge in [0.15, 0.2) is 5.65 Å². The SMILES string of the molecule is O=c1c2cnc(Nc3ccc4c(c3)CCNC4)nc2n(-c2ccnc(C3CCC3)c2)n1CC(F)(F)F. The third-order valence-electron chi connectivity index (χ3n) is 6.89. The number of hydrogen-bond donors (Lipinski definition) is 2. The molecule has 0 unspecified atom stereocenters. The summed E-state index contributed by atoms with van der Waals surface area (Å²) in [6, 6.07) is 9.31. The minimum atomic E-state index is -4.59. The van der Waals surface area contributed by atoms with Crippen LogP contribution < -0.4 is 16.2 Å². The van der Waals surface area contributed by atoms with E-state index in [0.717, 1.165) is 50.2 Å². The molecule has 0 spiro atoms. The lowest BCUT2D eigenvalue weighted by molar-refractivity contribution is -0.144. The fourth-order valence-electron chi connectivity index (χ4n) is 4.84. The Labute approximate surface area is 204 Å². The molecule has 8 nitrogen and oxygen atoms in total. The number of rotatable bonds is 5. The molecule has 3 aromatic heterocycles. The van der Waals surface area contributed by atoms with E-state index in [1.165, 1.54) is 22.0 Å². The molecular formula is C25H24F3N7O. The maximum atomic E-state index is 13.5. The van der Waals surface area contributed by atoms with E-state index in [2.05, 4.69) is 25.6 Å². The number of aromatic nitrogens is 5. The number of halogens is 3. The van der Waals surface area contributed by atoms with Gasteiger partial charge in [0.2, 0.25) is 5.95 Å². The molecule has 1 aliphatic carbocycles. The van der Waals surface area contributed by atoms with Crippen molar-refractivity contribution in [1.82, 2.24) is 29.6 Å². The molecule has 0 bridgehead atoms. The molecule has 11 heteroatoms. The van der Waals surface area contributed by atoms with Crippen molar-refractivity contribution >= 4 is 22.7 Å². The third kappa shape index (κ3) is 4.23. The highest BCUT2D eigenvalue weighted by molar-refractivity contribution is 5.77. The van der Waals surface area contributed by atoms with E-state index in [1.807, 2.05) is 18.2 Å². The van der Waals surface area contributed by atoms with Gasteiger partial charge in [-0.05, 0) is 61.2 Å². The summed E-state index contributed by atoms with van der Waals surface area (Å²) in [5, 5.41) is 6.49. The molecule has 1 aliphatic heterocycles.